The summed E-state index contributed by atoms with van der Waals surface area (Å²) in [7, 11) is 0. The third-order valence-corrected chi connectivity index (χ3v) is 3.82. The molecule has 1 aliphatic carbocycles. The van der Waals surface area contributed by atoms with E-state index in [4.69, 9.17) is 9.47 Å². The van der Waals surface area contributed by atoms with Crippen LogP contribution in [0.1, 0.15) is 59.8 Å². The van der Waals surface area contributed by atoms with Crippen LogP contribution in [0.15, 0.2) is 0 Å². The fourth-order valence-corrected chi connectivity index (χ4v) is 2.58. The minimum absolute atomic E-state index is 0.00759. The molecule has 0 aliphatic heterocycles. The number of carbonyl (C=O) groups is 3. The number of nitrogens with one attached hydrogen (secondary N) is 2. The molecule has 0 saturated heterocycles. The molecule has 2 atom stereocenters. The normalized spacial score (nSPS) is 20.8. The fraction of sp³-hybridized carbons (Fsp3) is 0.824. The van der Waals surface area contributed by atoms with Gasteiger partial charge in [0.15, 0.2) is 6.61 Å². The Kier molecular flexibility index (Phi) is 8.01. The van der Waals surface area contributed by atoms with Crippen LogP contribution in [0.3, 0.4) is 0 Å². The van der Waals surface area contributed by atoms with Crippen molar-refractivity contribution in [2.75, 3.05) is 13.2 Å². The van der Waals surface area contributed by atoms with Gasteiger partial charge in [0.25, 0.3) is 5.91 Å². The van der Waals surface area contributed by atoms with E-state index >= 15 is 0 Å². The van der Waals surface area contributed by atoms with Crippen molar-refractivity contribution < 1.29 is 23.9 Å². The predicted octanol–water partition coefficient (Wildman–Crippen LogP) is 2.14. The second-order valence-corrected chi connectivity index (χ2v) is 7.28. The molecule has 0 heterocycles. The maximum Gasteiger partial charge on any atom is 0.407 e. The van der Waals surface area contributed by atoms with E-state index in [0.717, 1.165) is 19.3 Å². The van der Waals surface area contributed by atoms with Crippen molar-refractivity contribution in [2.24, 2.45) is 5.92 Å². The minimum atomic E-state index is -0.584. The van der Waals surface area contributed by atoms with Crippen molar-refractivity contribution in [3.05, 3.63) is 0 Å². The van der Waals surface area contributed by atoms with Gasteiger partial charge in [0.05, 0.1) is 6.42 Å². The highest BCUT2D eigenvalue weighted by Crippen LogP contribution is 2.23. The Hall–Kier alpha value is -1.79. The molecule has 0 unspecified atom stereocenters. The highest BCUT2D eigenvalue weighted by atomic mass is 16.6. The van der Waals surface area contributed by atoms with Gasteiger partial charge < -0.3 is 20.1 Å². The van der Waals surface area contributed by atoms with Gasteiger partial charge >= 0.3 is 12.1 Å². The summed E-state index contributed by atoms with van der Waals surface area (Å²) >= 11 is 0. The molecule has 7 heteroatoms. The van der Waals surface area contributed by atoms with Gasteiger partial charge in [-0.05, 0) is 39.5 Å². The van der Waals surface area contributed by atoms with Crippen LogP contribution in [0.2, 0.25) is 0 Å². The summed E-state index contributed by atoms with van der Waals surface area (Å²) in [5, 5.41) is 5.38. The van der Waals surface area contributed by atoms with Gasteiger partial charge in [-0.1, -0.05) is 19.8 Å². The topological polar surface area (TPSA) is 93.7 Å². The monoisotopic (exact) mass is 342 g/mol. The number of ether oxygens (including phenoxy) is 2. The smallest absolute Gasteiger partial charge is 0.407 e. The number of alkyl carbamates (subject to hydrolysis) is 1. The van der Waals surface area contributed by atoms with Crippen molar-refractivity contribution in [3.63, 3.8) is 0 Å². The van der Waals surface area contributed by atoms with Gasteiger partial charge in [-0.15, -0.1) is 0 Å². The minimum Gasteiger partial charge on any atom is -0.456 e. The molecule has 2 amide bonds. The molecule has 0 bridgehead atoms. The highest BCUT2D eigenvalue weighted by Gasteiger charge is 2.23. The number of esters is 1. The molecule has 0 aromatic rings. The van der Waals surface area contributed by atoms with Crippen LogP contribution in [0.25, 0.3) is 0 Å². The molecular weight excluding hydrogens is 312 g/mol. The molecular formula is C17H30N2O5. The third-order valence-electron chi connectivity index (χ3n) is 3.82. The molecule has 1 fully saturated rings. The van der Waals surface area contributed by atoms with Gasteiger partial charge in [0.1, 0.15) is 5.60 Å². The number of rotatable bonds is 6. The highest BCUT2D eigenvalue weighted by molar-refractivity contribution is 5.81. The summed E-state index contributed by atoms with van der Waals surface area (Å²) in [6.07, 6.45) is 3.81. The second kappa shape index (κ2) is 9.49. The summed E-state index contributed by atoms with van der Waals surface area (Å²) in [6.45, 7) is 7.22. The van der Waals surface area contributed by atoms with Crippen molar-refractivity contribution in [1.29, 1.82) is 0 Å². The first kappa shape index (κ1) is 20.3. The standard InChI is InChI=1S/C17H30N2O5/c1-12-7-5-6-8-13(12)19-14(20)11-23-15(21)9-10-18-16(22)24-17(2,3)4/h12-13H,5-11H2,1-4H3,(H,18,22)(H,19,20)/t12-,13+/m0/s1. The van der Waals surface area contributed by atoms with E-state index in [1.807, 2.05) is 0 Å². The molecule has 2 N–H and O–H groups in total. The Morgan fingerprint density at radius 1 is 1.12 bits per heavy atom. The molecule has 1 saturated carbocycles. The van der Waals surface area contributed by atoms with Crippen LogP contribution in [0.5, 0.6) is 0 Å². The number of amides is 2. The summed E-state index contributed by atoms with van der Waals surface area (Å²) in [6, 6.07) is 0.166. The lowest BCUT2D eigenvalue weighted by Gasteiger charge is -2.29. The largest absolute Gasteiger partial charge is 0.456 e. The predicted molar refractivity (Wildman–Crippen MR) is 89.4 cm³/mol. The first-order chi connectivity index (χ1) is 11.2. The Morgan fingerprint density at radius 3 is 2.42 bits per heavy atom. The summed E-state index contributed by atoms with van der Waals surface area (Å²) in [5.74, 6) is -0.350. The molecule has 0 spiro atoms. The Morgan fingerprint density at radius 2 is 1.79 bits per heavy atom. The van der Waals surface area contributed by atoms with Crippen LogP contribution < -0.4 is 10.6 Å². The van der Waals surface area contributed by atoms with Crippen LogP contribution >= 0.6 is 0 Å². The molecule has 0 aromatic heterocycles. The third kappa shape index (κ3) is 8.74. The van der Waals surface area contributed by atoms with Crippen molar-refractivity contribution in [2.45, 2.75) is 71.4 Å². The molecule has 0 aromatic carbocycles. The average molecular weight is 342 g/mol. The fourth-order valence-electron chi connectivity index (χ4n) is 2.58. The average Bonchev–Trinajstić information content (AvgIpc) is 2.45. The second-order valence-electron chi connectivity index (χ2n) is 7.28. The number of hydrogen-bond acceptors (Lipinski definition) is 5. The van der Waals surface area contributed by atoms with Gasteiger partial charge in [0, 0.05) is 12.6 Å². The first-order valence-electron chi connectivity index (χ1n) is 8.59. The maximum atomic E-state index is 11.8. The summed E-state index contributed by atoms with van der Waals surface area (Å²) in [4.78, 5) is 34.8. The van der Waals surface area contributed by atoms with Crippen LogP contribution in [-0.2, 0) is 19.1 Å². The lowest BCUT2D eigenvalue weighted by Crippen LogP contribution is -2.43. The van der Waals surface area contributed by atoms with Crippen molar-refractivity contribution >= 4 is 18.0 Å². The number of carbonyl (C=O) groups excluding carboxylic acids is 3. The van der Waals surface area contributed by atoms with Gasteiger partial charge in [0.2, 0.25) is 0 Å². The van der Waals surface area contributed by atoms with E-state index in [9.17, 15) is 14.4 Å². The van der Waals surface area contributed by atoms with E-state index < -0.39 is 17.7 Å². The molecule has 1 rings (SSSR count). The van der Waals surface area contributed by atoms with Gasteiger partial charge in [-0.3, -0.25) is 9.59 Å². The lowest BCUT2D eigenvalue weighted by atomic mass is 9.86. The molecule has 7 nitrogen and oxygen atoms in total. The quantitative estimate of drug-likeness (QED) is 0.721. The summed E-state index contributed by atoms with van der Waals surface area (Å²) in [5.41, 5.74) is -0.584. The lowest BCUT2D eigenvalue weighted by molar-refractivity contribution is -0.148. The Balaban J connectivity index is 2.14. The zero-order valence-corrected chi connectivity index (χ0v) is 15.1. The summed E-state index contributed by atoms with van der Waals surface area (Å²) < 4.78 is 9.97. The molecule has 24 heavy (non-hydrogen) atoms. The van der Waals surface area contributed by atoms with Crippen molar-refractivity contribution in [1.82, 2.24) is 10.6 Å². The van der Waals surface area contributed by atoms with Crippen molar-refractivity contribution in [3.8, 4) is 0 Å². The van der Waals surface area contributed by atoms with Gasteiger partial charge in [-0.2, -0.15) is 0 Å². The van der Waals surface area contributed by atoms with E-state index in [-0.39, 0.29) is 31.5 Å². The van der Waals surface area contributed by atoms with Crippen LogP contribution in [-0.4, -0.2) is 42.8 Å². The van der Waals surface area contributed by atoms with E-state index in [2.05, 4.69) is 17.6 Å². The van der Waals surface area contributed by atoms with E-state index in [0.29, 0.717) is 5.92 Å². The Bertz CT molecular complexity index is 445. The maximum absolute atomic E-state index is 11.8. The molecule has 1 aliphatic rings. The van der Waals surface area contributed by atoms with Crippen LogP contribution in [0, 0.1) is 5.92 Å². The SMILES string of the molecule is C[C@H]1CCCC[C@H]1NC(=O)COC(=O)CCNC(=O)OC(C)(C)C. The zero-order valence-electron chi connectivity index (χ0n) is 15.1. The van der Waals surface area contributed by atoms with Crippen LogP contribution in [0.4, 0.5) is 4.79 Å². The first-order valence-corrected chi connectivity index (χ1v) is 8.59. The zero-order chi connectivity index (χ0) is 18.2. The van der Waals surface area contributed by atoms with E-state index in [1.165, 1.54) is 6.42 Å². The van der Waals surface area contributed by atoms with E-state index in [1.54, 1.807) is 20.8 Å². The molecule has 0 radical (unpaired) electrons. The van der Waals surface area contributed by atoms with Gasteiger partial charge in [-0.25, -0.2) is 4.79 Å². The number of hydrogen-bond donors (Lipinski definition) is 2. The Labute approximate surface area is 143 Å². The molecule has 138 valence electrons.